The van der Waals surface area contributed by atoms with E-state index in [0.29, 0.717) is 0 Å². The molecule has 0 aliphatic heterocycles. The predicted molar refractivity (Wildman–Crippen MR) is 65.4 cm³/mol. The van der Waals surface area contributed by atoms with E-state index in [1.54, 1.807) is 6.92 Å². The predicted octanol–water partition coefficient (Wildman–Crippen LogP) is 1.45. The molecule has 0 spiro atoms. The SMILES string of the molecule is CCN(c1ccc(F)cc1)S(=O)(=O)C(C)C(=O)O. The summed E-state index contributed by atoms with van der Waals surface area (Å²) in [5, 5.41) is 7.23. The van der Waals surface area contributed by atoms with Crippen LogP contribution >= 0.6 is 0 Å². The van der Waals surface area contributed by atoms with Crippen molar-refractivity contribution < 1.29 is 22.7 Å². The van der Waals surface area contributed by atoms with Gasteiger partial charge in [-0.25, -0.2) is 12.8 Å². The van der Waals surface area contributed by atoms with E-state index in [2.05, 4.69) is 0 Å². The first kappa shape index (κ1) is 14.4. The summed E-state index contributed by atoms with van der Waals surface area (Å²) in [6, 6.07) is 4.84. The topological polar surface area (TPSA) is 74.7 Å². The molecule has 0 fully saturated rings. The van der Waals surface area contributed by atoms with E-state index in [4.69, 9.17) is 5.11 Å². The highest BCUT2D eigenvalue weighted by Crippen LogP contribution is 2.21. The number of benzene rings is 1. The Hall–Kier alpha value is -1.63. The average Bonchev–Trinajstić information content (AvgIpc) is 2.31. The molecule has 7 heteroatoms. The lowest BCUT2D eigenvalue weighted by Crippen LogP contribution is -2.41. The lowest BCUT2D eigenvalue weighted by molar-refractivity contribution is -0.136. The smallest absolute Gasteiger partial charge is 0.323 e. The van der Waals surface area contributed by atoms with Crippen molar-refractivity contribution in [3.05, 3.63) is 30.1 Å². The zero-order valence-electron chi connectivity index (χ0n) is 10.00. The standard InChI is InChI=1S/C11H14FNO4S/c1-3-13(10-6-4-9(12)5-7-10)18(16,17)8(2)11(14)15/h4-8H,3H2,1-2H3,(H,14,15). The fourth-order valence-corrected chi connectivity index (χ4v) is 2.85. The molecule has 0 aliphatic rings. The van der Waals surface area contributed by atoms with Crippen LogP contribution in [0.1, 0.15) is 13.8 Å². The normalized spacial score (nSPS) is 13.1. The first-order chi connectivity index (χ1) is 8.30. The maximum absolute atomic E-state index is 12.8. The van der Waals surface area contributed by atoms with Crippen molar-refractivity contribution in [3.63, 3.8) is 0 Å². The summed E-state index contributed by atoms with van der Waals surface area (Å²) in [4.78, 5) is 10.8. The van der Waals surface area contributed by atoms with Gasteiger partial charge >= 0.3 is 5.97 Å². The molecular formula is C11H14FNO4S. The molecule has 1 aromatic carbocycles. The Morgan fingerprint density at radius 3 is 2.28 bits per heavy atom. The van der Waals surface area contributed by atoms with Crippen LogP contribution in [0.15, 0.2) is 24.3 Å². The van der Waals surface area contributed by atoms with E-state index in [1.807, 2.05) is 0 Å². The number of sulfonamides is 1. The van der Waals surface area contributed by atoms with Crippen LogP contribution in [0.25, 0.3) is 0 Å². The highest BCUT2D eigenvalue weighted by Gasteiger charge is 2.33. The molecule has 0 amide bonds. The molecule has 1 N–H and O–H groups in total. The van der Waals surface area contributed by atoms with Gasteiger partial charge in [-0.05, 0) is 38.1 Å². The third-order valence-corrected chi connectivity index (χ3v) is 4.68. The Morgan fingerprint density at radius 2 is 1.89 bits per heavy atom. The molecule has 0 radical (unpaired) electrons. The number of carbonyl (C=O) groups is 1. The molecule has 5 nitrogen and oxygen atoms in total. The van der Waals surface area contributed by atoms with E-state index >= 15 is 0 Å². The fraction of sp³-hybridized carbons (Fsp3) is 0.364. The van der Waals surface area contributed by atoms with Gasteiger partial charge in [0.15, 0.2) is 5.25 Å². The highest BCUT2D eigenvalue weighted by atomic mass is 32.2. The van der Waals surface area contributed by atoms with Crippen LogP contribution in [0, 0.1) is 5.82 Å². The van der Waals surface area contributed by atoms with Gasteiger partial charge in [0, 0.05) is 6.54 Å². The zero-order chi connectivity index (χ0) is 13.9. The molecule has 1 aromatic rings. The zero-order valence-corrected chi connectivity index (χ0v) is 10.8. The van der Waals surface area contributed by atoms with Crippen molar-refractivity contribution in [2.75, 3.05) is 10.8 Å². The van der Waals surface area contributed by atoms with Crippen LogP contribution in [0.2, 0.25) is 0 Å². The minimum Gasteiger partial charge on any atom is -0.480 e. The first-order valence-corrected chi connectivity index (χ1v) is 6.81. The molecule has 0 aromatic heterocycles. The Bertz CT molecular complexity index is 526. The van der Waals surface area contributed by atoms with Gasteiger partial charge in [0.2, 0.25) is 10.0 Å². The molecule has 1 atom stereocenters. The lowest BCUT2D eigenvalue weighted by Gasteiger charge is -2.24. The van der Waals surface area contributed by atoms with Gasteiger partial charge in [-0.2, -0.15) is 0 Å². The maximum Gasteiger partial charge on any atom is 0.323 e. The van der Waals surface area contributed by atoms with Crippen molar-refractivity contribution in [2.24, 2.45) is 0 Å². The van der Waals surface area contributed by atoms with E-state index in [0.717, 1.165) is 23.4 Å². The monoisotopic (exact) mass is 275 g/mol. The summed E-state index contributed by atoms with van der Waals surface area (Å²) in [6.45, 7) is 2.75. The van der Waals surface area contributed by atoms with Crippen LogP contribution in [0.4, 0.5) is 10.1 Å². The largest absolute Gasteiger partial charge is 0.480 e. The number of hydrogen-bond donors (Lipinski definition) is 1. The van der Waals surface area contributed by atoms with Crippen LogP contribution in [-0.2, 0) is 14.8 Å². The number of carboxylic acid groups (broad SMARTS) is 1. The molecule has 18 heavy (non-hydrogen) atoms. The molecule has 1 rings (SSSR count). The second kappa shape index (κ2) is 5.34. The van der Waals surface area contributed by atoms with Crippen molar-refractivity contribution in [1.29, 1.82) is 0 Å². The number of hydrogen-bond acceptors (Lipinski definition) is 3. The first-order valence-electron chi connectivity index (χ1n) is 5.30. The van der Waals surface area contributed by atoms with E-state index in [1.165, 1.54) is 12.1 Å². The molecule has 0 heterocycles. The van der Waals surface area contributed by atoms with Crippen LogP contribution < -0.4 is 4.31 Å². The highest BCUT2D eigenvalue weighted by molar-refractivity contribution is 7.94. The van der Waals surface area contributed by atoms with Gasteiger partial charge in [-0.15, -0.1) is 0 Å². The summed E-state index contributed by atoms with van der Waals surface area (Å²) in [5.41, 5.74) is 0.243. The number of halogens is 1. The summed E-state index contributed by atoms with van der Waals surface area (Å²) in [6.07, 6.45) is 0. The number of nitrogens with zero attached hydrogens (tertiary/aromatic N) is 1. The number of rotatable bonds is 5. The van der Waals surface area contributed by atoms with Gasteiger partial charge < -0.3 is 5.11 Å². The lowest BCUT2D eigenvalue weighted by atomic mass is 10.3. The third-order valence-electron chi connectivity index (χ3n) is 2.50. The van der Waals surface area contributed by atoms with E-state index in [9.17, 15) is 17.6 Å². The number of carboxylic acids is 1. The summed E-state index contributed by atoms with van der Waals surface area (Å²) >= 11 is 0. The molecule has 0 saturated heterocycles. The molecule has 100 valence electrons. The molecular weight excluding hydrogens is 261 g/mol. The van der Waals surface area contributed by atoms with Crippen LogP contribution in [0.5, 0.6) is 0 Å². The summed E-state index contributed by atoms with van der Waals surface area (Å²) in [5.74, 6) is -1.91. The molecule has 0 aliphatic carbocycles. The van der Waals surface area contributed by atoms with Crippen molar-refractivity contribution in [1.82, 2.24) is 0 Å². The number of anilines is 1. The Morgan fingerprint density at radius 1 is 1.39 bits per heavy atom. The van der Waals surface area contributed by atoms with Crippen LogP contribution in [0.3, 0.4) is 0 Å². The quantitative estimate of drug-likeness (QED) is 0.882. The molecule has 0 saturated carbocycles. The second-order valence-electron chi connectivity index (χ2n) is 3.67. The third kappa shape index (κ3) is 2.79. The second-order valence-corrected chi connectivity index (χ2v) is 5.84. The van der Waals surface area contributed by atoms with Gasteiger partial charge in [0.25, 0.3) is 0 Å². The van der Waals surface area contributed by atoms with Gasteiger partial charge in [-0.3, -0.25) is 9.10 Å². The molecule has 1 unspecified atom stereocenters. The number of aliphatic carboxylic acids is 1. The maximum atomic E-state index is 12.8. The minimum atomic E-state index is -4.00. The molecule has 0 bridgehead atoms. The van der Waals surface area contributed by atoms with Gasteiger partial charge in [-0.1, -0.05) is 0 Å². The van der Waals surface area contributed by atoms with Crippen molar-refractivity contribution in [3.8, 4) is 0 Å². The fourth-order valence-electron chi connectivity index (χ4n) is 1.44. The van der Waals surface area contributed by atoms with Gasteiger partial charge in [0.05, 0.1) is 5.69 Å². The van der Waals surface area contributed by atoms with Crippen LogP contribution in [-0.4, -0.2) is 31.3 Å². The average molecular weight is 275 g/mol. The summed E-state index contributed by atoms with van der Waals surface area (Å²) < 4.78 is 37.8. The van der Waals surface area contributed by atoms with E-state index < -0.39 is 27.1 Å². The Balaban J connectivity index is 3.18. The minimum absolute atomic E-state index is 0.0750. The van der Waals surface area contributed by atoms with Crippen molar-refractivity contribution in [2.45, 2.75) is 19.1 Å². The van der Waals surface area contributed by atoms with E-state index in [-0.39, 0.29) is 12.2 Å². The van der Waals surface area contributed by atoms with Crippen molar-refractivity contribution >= 4 is 21.7 Å². The van der Waals surface area contributed by atoms with Gasteiger partial charge in [0.1, 0.15) is 5.82 Å². The Labute approximate surface area is 105 Å². The Kier molecular flexibility index (Phi) is 4.28. The summed E-state index contributed by atoms with van der Waals surface area (Å²) in [7, 11) is -4.00.